The summed E-state index contributed by atoms with van der Waals surface area (Å²) in [5, 5.41) is 0. The fraction of sp³-hybridized carbons (Fsp3) is 0.333. The van der Waals surface area contributed by atoms with Crippen molar-refractivity contribution < 1.29 is 23.5 Å². The van der Waals surface area contributed by atoms with Crippen LogP contribution in [-0.4, -0.2) is 31.2 Å². The maximum atomic E-state index is 11.6. The van der Waals surface area contributed by atoms with E-state index < -0.39 is 12.0 Å². The van der Waals surface area contributed by atoms with Crippen LogP contribution in [0.1, 0.15) is 30.0 Å². The second-order valence-corrected chi connectivity index (χ2v) is 5.13. The number of furan rings is 1. The van der Waals surface area contributed by atoms with Gasteiger partial charge in [-0.3, -0.25) is 4.79 Å². The minimum atomic E-state index is -0.754. The lowest BCUT2D eigenvalue weighted by atomic mass is 10.1. The fourth-order valence-electron chi connectivity index (χ4n) is 2.18. The van der Waals surface area contributed by atoms with E-state index in [0.717, 1.165) is 5.56 Å². The molecular formula is C18H21NO5. The summed E-state index contributed by atoms with van der Waals surface area (Å²) in [5.74, 6) is 0.426. The van der Waals surface area contributed by atoms with Crippen molar-refractivity contribution in [1.29, 1.82) is 0 Å². The Bertz CT molecular complexity index is 690. The Morgan fingerprint density at radius 1 is 1.04 bits per heavy atom. The summed E-state index contributed by atoms with van der Waals surface area (Å²) >= 11 is 0. The molecule has 0 bridgehead atoms. The van der Waals surface area contributed by atoms with Gasteiger partial charge in [0.1, 0.15) is 17.6 Å². The first-order chi connectivity index (χ1) is 11.5. The normalized spacial score (nSPS) is 11.8. The van der Waals surface area contributed by atoms with Crippen molar-refractivity contribution in [2.24, 2.45) is 5.73 Å². The van der Waals surface area contributed by atoms with Crippen LogP contribution in [0.2, 0.25) is 0 Å². The predicted molar refractivity (Wildman–Crippen MR) is 88.4 cm³/mol. The Hall–Kier alpha value is -2.60. The highest BCUT2D eigenvalue weighted by atomic mass is 16.5. The second kappa shape index (κ2) is 8.31. The van der Waals surface area contributed by atoms with Gasteiger partial charge >= 0.3 is 11.9 Å². The lowest BCUT2D eigenvalue weighted by Crippen LogP contribution is -2.34. The van der Waals surface area contributed by atoms with E-state index >= 15 is 0 Å². The molecule has 0 amide bonds. The van der Waals surface area contributed by atoms with Gasteiger partial charge in [-0.25, -0.2) is 4.79 Å². The van der Waals surface area contributed by atoms with Crippen LogP contribution in [0.3, 0.4) is 0 Å². The zero-order chi connectivity index (χ0) is 17.5. The van der Waals surface area contributed by atoms with E-state index in [4.69, 9.17) is 19.6 Å². The lowest BCUT2D eigenvalue weighted by Gasteiger charge is -2.08. The summed E-state index contributed by atoms with van der Waals surface area (Å²) < 4.78 is 15.5. The van der Waals surface area contributed by atoms with Gasteiger partial charge in [0.25, 0.3) is 0 Å². The molecule has 0 saturated heterocycles. The van der Waals surface area contributed by atoms with Crippen molar-refractivity contribution in [2.45, 2.75) is 26.3 Å². The van der Waals surface area contributed by atoms with Gasteiger partial charge < -0.3 is 19.6 Å². The van der Waals surface area contributed by atoms with Crippen LogP contribution < -0.4 is 5.73 Å². The Morgan fingerprint density at radius 2 is 1.71 bits per heavy atom. The highest BCUT2D eigenvalue weighted by Gasteiger charge is 2.17. The van der Waals surface area contributed by atoms with Crippen molar-refractivity contribution in [1.82, 2.24) is 0 Å². The first kappa shape index (κ1) is 17.7. The van der Waals surface area contributed by atoms with Crippen molar-refractivity contribution >= 4 is 11.9 Å². The van der Waals surface area contributed by atoms with E-state index in [1.807, 2.05) is 0 Å². The number of hydrogen-bond acceptors (Lipinski definition) is 6. The molecule has 6 nitrogen and oxygen atoms in total. The Balaban J connectivity index is 2.05. The zero-order valence-electron chi connectivity index (χ0n) is 13.8. The van der Waals surface area contributed by atoms with E-state index in [0.29, 0.717) is 30.3 Å². The average molecular weight is 331 g/mol. The minimum absolute atomic E-state index is 0.264. The molecule has 0 spiro atoms. The molecular weight excluding hydrogens is 310 g/mol. The monoisotopic (exact) mass is 331 g/mol. The molecule has 0 aliphatic heterocycles. The highest BCUT2D eigenvalue weighted by molar-refractivity contribution is 5.89. The van der Waals surface area contributed by atoms with Gasteiger partial charge in [0.2, 0.25) is 0 Å². The third-order valence-corrected chi connectivity index (χ3v) is 3.35. The molecule has 1 atom stereocenters. The van der Waals surface area contributed by atoms with E-state index in [-0.39, 0.29) is 12.4 Å². The summed E-state index contributed by atoms with van der Waals surface area (Å²) in [5.41, 5.74) is 7.08. The van der Waals surface area contributed by atoms with Crippen molar-refractivity contribution in [2.75, 3.05) is 13.2 Å². The minimum Gasteiger partial charge on any atom is -0.465 e. The fourth-order valence-corrected chi connectivity index (χ4v) is 2.18. The van der Waals surface area contributed by atoms with Crippen molar-refractivity contribution in [3.63, 3.8) is 0 Å². The molecule has 0 radical (unpaired) electrons. The van der Waals surface area contributed by atoms with E-state index in [2.05, 4.69) is 0 Å². The van der Waals surface area contributed by atoms with Gasteiger partial charge in [0.15, 0.2) is 0 Å². The van der Waals surface area contributed by atoms with Crippen molar-refractivity contribution in [3.8, 4) is 11.3 Å². The predicted octanol–water partition coefficient (Wildman–Crippen LogP) is 2.56. The van der Waals surface area contributed by atoms with Crippen LogP contribution in [0.15, 0.2) is 40.8 Å². The van der Waals surface area contributed by atoms with Crippen LogP contribution in [0.5, 0.6) is 0 Å². The summed E-state index contributed by atoms with van der Waals surface area (Å²) in [7, 11) is 0. The molecule has 1 aromatic heterocycles. The number of esters is 2. The van der Waals surface area contributed by atoms with Gasteiger partial charge in [-0.1, -0.05) is 12.1 Å². The van der Waals surface area contributed by atoms with E-state index in [9.17, 15) is 9.59 Å². The number of rotatable bonds is 7. The Morgan fingerprint density at radius 3 is 2.33 bits per heavy atom. The summed E-state index contributed by atoms with van der Waals surface area (Å²) in [6, 6.07) is 9.73. The van der Waals surface area contributed by atoms with Gasteiger partial charge in [-0.15, -0.1) is 0 Å². The molecule has 0 saturated carbocycles. The van der Waals surface area contributed by atoms with Gasteiger partial charge in [-0.2, -0.15) is 0 Å². The lowest BCUT2D eigenvalue weighted by molar-refractivity contribution is -0.144. The number of ether oxygens (including phenoxy) is 2. The number of carbonyl (C=O) groups is 2. The molecule has 6 heteroatoms. The van der Waals surface area contributed by atoms with E-state index in [1.54, 1.807) is 50.2 Å². The Labute approximate surface area is 140 Å². The first-order valence-corrected chi connectivity index (χ1v) is 7.83. The van der Waals surface area contributed by atoms with E-state index in [1.165, 1.54) is 0 Å². The summed E-state index contributed by atoms with van der Waals surface area (Å²) in [4.78, 5) is 23.2. The SMILES string of the molecule is CCOC(=O)c1ccc(-c2ccc(CC(N)C(=O)OCC)o2)cc1. The quantitative estimate of drug-likeness (QED) is 0.784. The first-order valence-electron chi connectivity index (χ1n) is 7.83. The number of nitrogens with two attached hydrogens (primary N) is 1. The third kappa shape index (κ3) is 4.45. The number of carbonyl (C=O) groups excluding carboxylic acids is 2. The average Bonchev–Trinajstić information content (AvgIpc) is 3.04. The standard InChI is InChI=1S/C18H21NO5/c1-3-22-17(20)13-7-5-12(6-8-13)16-10-9-14(24-16)11-15(19)18(21)23-4-2/h5-10,15H,3-4,11,19H2,1-2H3. The molecule has 2 N–H and O–H groups in total. The van der Waals surface area contributed by atoms with Crippen LogP contribution >= 0.6 is 0 Å². The number of hydrogen-bond donors (Lipinski definition) is 1. The molecule has 0 aliphatic carbocycles. The Kier molecular flexibility index (Phi) is 6.14. The summed E-state index contributed by atoms with van der Waals surface area (Å²) in [6.45, 7) is 4.12. The zero-order valence-corrected chi connectivity index (χ0v) is 13.8. The molecule has 1 aromatic carbocycles. The molecule has 2 rings (SSSR count). The largest absolute Gasteiger partial charge is 0.465 e. The van der Waals surface area contributed by atoms with Gasteiger partial charge in [0.05, 0.1) is 18.8 Å². The maximum Gasteiger partial charge on any atom is 0.338 e. The molecule has 0 fully saturated rings. The topological polar surface area (TPSA) is 91.8 Å². The molecule has 1 heterocycles. The highest BCUT2D eigenvalue weighted by Crippen LogP contribution is 2.23. The van der Waals surface area contributed by atoms with Crippen LogP contribution in [0.4, 0.5) is 0 Å². The maximum absolute atomic E-state index is 11.6. The molecule has 128 valence electrons. The molecule has 2 aromatic rings. The molecule has 1 unspecified atom stereocenters. The molecule has 0 aliphatic rings. The van der Waals surface area contributed by atoms with Crippen LogP contribution in [0.25, 0.3) is 11.3 Å². The van der Waals surface area contributed by atoms with Crippen molar-refractivity contribution in [3.05, 3.63) is 47.7 Å². The third-order valence-electron chi connectivity index (χ3n) is 3.35. The smallest absolute Gasteiger partial charge is 0.338 e. The number of benzene rings is 1. The van der Waals surface area contributed by atoms with Gasteiger partial charge in [-0.05, 0) is 38.1 Å². The molecule has 24 heavy (non-hydrogen) atoms. The van der Waals surface area contributed by atoms with Crippen LogP contribution in [0, 0.1) is 0 Å². The van der Waals surface area contributed by atoms with Gasteiger partial charge in [0, 0.05) is 12.0 Å². The second-order valence-electron chi connectivity index (χ2n) is 5.13. The summed E-state index contributed by atoms with van der Waals surface area (Å²) in [6.07, 6.45) is 0.264. The van der Waals surface area contributed by atoms with Crippen LogP contribution in [-0.2, 0) is 20.7 Å².